The van der Waals surface area contributed by atoms with E-state index in [1.807, 2.05) is 62.4 Å². The minimum absolute atomic E-state index is 0.144. The van der Waals surface area contributed by atoms with Crippen molar-refractivity contribution in [2.24, 2.45) is 0 Å². The topological polar surface area (TPSA) is 89.2 Å². The average Bonchev–Trinajstić information content (AvgIpc) is 3.37. The van der Waals surface area contributed by atoms with E-state index in [-0.39, 0.29) is 23.9 Å². The van der Waals surface area contributed by atoms with Crippen molar-refractivity contribution in [1.29, 1.82) is 0 Å². The van der Waals surface area contributed by atoms with Crippen molar-refractivity contribution in [2.45, 2.75) is 58.7 Å². The lowest BCUT2D eigenvalue weighted by atomic mass is 9.93. The number of carbonyl (C=O) groups is 1. The molecule has 3 aliphatic rings. The average molecular weight is 571 g/mol. The number of hydrogen-bond acceptors (Lipinski definition) is 6. The summed E-state index contributed by atoms with van der Waals surface area (Å²) in [7, 11) is 0. The van der Waals surface area contributed by atoms with Gasteiger partial charge in [-0.05, 0) is 69.9 Å². The fourth-order valence-corrected chi connectivity index (χ4v) is 5.86. The number of anilines is 1. The Kier molecular flexibility index (Phi) is 7.22. The zero-order valence-electron chi connectivity index (χ0n) is 24.4. The van der Waals surface area contributed by atoms with E-state index in [9.17, 15) is 14.3 Å². The van der Waals surface area contributed by atoms with Gasteiger partial charge in [0.25, 0.3) is 0 Å². The Morgan fingerprint density at radius 1 is 1.14 bits per heavy atom. The predicted octanol–water partition coefficient (Wildman–Crippen LogP) is 6.16. The number of nitrogens with zero attached hydrogens (tertiary/aromatic N) is 4. The van der Waals surface area contributed by atoms with Crippen LogP contribution in [0.25, 0.3) is 28.0 Å². The van der Waals surface area contributed by atoms with Crippen LogP contribution in [0, 0.1) is 19.7 Å². The van der Waals surface area contributed by atoms with Crippen LogP contribution in [0.3, 0.4) is 0 Å². The van der Waals surface area contributed by atoms with Gasteiger partial charge < -0.3 is 19.5 Å². The Balaban J connectivity index is 1.54. The van der Waals surface area contributed by atoms with Crippen LogP contribution < -0.4 is 9.64 Å². The number of rotatable bonds is 2. The molecule has 0 saturated carbocycles. The fraction of sp³-hybridized carbons (Fsp3) is 0.364. The lowest BCUT2D eigenvalue weighted by Crippen LogP contribution is -2.45. The van der Waals surface area contributed by atoms with Crippen molar-refractivity contribution in [1.82, 2.24) is 14.6 Å². The third kappa shape index (κ3) is 5.36. The molecule has 1 fully saturated rings. The van der Waals surface area contributed by atoms with E-state index in [2.05, 4.69) is 11.8 Å². The Hall–Kier alpha value is -4.24. The lowest BCUT2D eigenvalue weighted by Gasteiger charge is -2.40. The van der Waals surface area contributed by atoms with E-state index in [1.54, 1.807) is 11.4 Å². The summed E-state index contributed by atoms with van der Waals surface area (Å²) in [5.41, 5.74) is 5.40. The molecule has 6 bridgehead atoms. The number of aliphatic carboxylic acids is 1. The third-order valence-corrected chi connectivity index (χ3v) is 8.31. The van der Waals surface area contributed by atoms with Crippen molar-refractivity contribution in [2.75, 3.05) is 24.6 Å². The Bertz CT molecular complexity index is 1700. The first-order chi connectivity index (χ1) is 20.1. The zero-order valence-corrected chi connectivity index (χ0v) is 24.4. The van der Waals surface area contributed by atoms with Crippen LogP contribution in [-0.2, 0) is 16.0 Å². The highest BCUT2D eigenvalue weighted by Crippen LogP contribution is 2.37. The van der Waals surface area contributed by atoms with E-state index in [0.717, 1.165) is 35.3 Å². The minimum Gasteiger partial charge on any atom is -0.486 e. The monoisotopic (exact) mass is 570 g/mol. The van der Waals surface area contributed by atoms with Gasteiger partial charge in [0.05, 0.1) is 24.3 Å². The molecule has 1 atom stereocenters. The first-order valence-electron chi connectivity index (χ1n) is 14.3. The van der Waals surface area contributed by atoms with E-state index < -0.39 is 5.97 Å². The molecule has 9 heteroatoms. The highest BCUT2D eigenvalue weighted by Gasteiger charge is 2.33. The second-order valence-electron chi connectivity index (χ2n) is 11.5. The Labute approximate surface area is 244 Å². The first-order valence-corrected chi connectivity index (χ1v) is 14.3. The molecule has 218 valence electrons. The Morgan fingerprint density at radius 3 is 2.67 bits per heavy atom. The van der Waals surface area contributed by atoms with Gasteiger partial charge >= 0.3 is 5.97 Å². The third-order valence-electron chi connectivity index (χ3n) is 8.31. The number of carboxylic acid groups (broad SMARTS) is 1. The maximum Gasteiger partial charge on any atom is 0.308 e. The summed E-state index contributed by atoms with van der Waals surface area (Å²) in [5, 5.41) is 14.7. The molecule has 1 unspecified atom stereocenters. The molecule has 0 aliphatic carbocycles. The van der Waals surface area contributed by atoms with Gasteiger partial charge in [0.2, 0.25) is 0 Å². The molecule has 7 rings (SSSR count). The largest absolute Gasteiger partial charge is 0.486 e. The van der Waals surface area contributed by atoms with Crippen LogP contribution in [0.1, 0.15) is 43.5 Å². The van der Waals surface area contributed by atoms with Crippen LogP contribution in [0.2, 0.25) is 0 Å². The SMILES string of the molecule is Cc1cc2c(cc1F)OC(C)/C=C/COC1(C)CCN(CC1)c1c(CC(=O)O)c(C)nc3cc(nn13)-c1cccc-2c1. The highest BCUT2D eigenvalue weighted by atomic mass is 19.1. The number of ether oxygens (including phenoxy) is 2. The summed E-state index contributed by atoms with van der Waals surface area (Å²) in [6.07, 6.45) is 4.98. The molecule has 8 nitrogen and oxygen atoms in total. The summed E-state index contributed by atoms with van der Waals surface area (Å²) < 4.78 is 29.1. The molecule has 0 spiro atoms. The number of fused-ring (bicyclic) bond motifs is 6. The number of hydrogen-bond donors (Lipinski definition) is 1. The second-order valence-corrected chi connectivity index (χ2v) is 11.5. The second kappa shape index (κ2) is 10.9. The molecule has 4 aromatic rings. The molecule has 0 radical (unpaired) electrons. The zero-order chi connectivity index (χ0) is 29.6. The van der Waals surface area contributed by atoms with Crippen molar-refractivity contribution in [3.8, 4) is 28.1 Å². The van der Waals surface area contributed by atoms with Crippen molar-refractivity contribution in [3.05, 3.63) is 77.3 Å². The van der Waals surface area contributed by atoms with E-state index in [4.69, 9.17) is 19.6 Å². The summed E-state index contributed by atoms with van der Waals surface area (Å²) in [5.74, 6) is -0.0173. The van der Waals surface area contributed by atoms with E-state index in [1.165, 1.54) is 6.07 Å². The lowest BCUT2D eigenvalue weighted by molar-refractivity contribution is -0.136. The quantitative estimate of drug-likeness (QED) is 0.289. The van der Waals surface area contributed by atoms with Crippen LogP contribution in [-0.4, -0.2) is 57.1 Å². The Morgan fingerprint density at radius 2 is 1.90 bits per heavy atom. The van der Waals surface area contributed by atoms with Gasteiger partial charge in [-0.3, -0.25) is 4.79 Å². The van der Waals surface area contributed by atoms with E-state index >= 15 is 0 Å². The van der Waals surface area contributed by atoms with Gasteiger partial charge in [0, 0.05) is 47.6 Å². The van der Waals surface area contributed by atoms with Crippen molar-refractivity contribution in [3.63, 3.8) is 0 Å². The molecule has 42 heavy (non-hydrogen) atoms. The predicted molar refractivity (Wildman–Crippen MR) is 160 cm³/mol. The van der Waals surface area contributed by atoms with Crippen molar-refractivity contribution < 1.29 is 23.8 Å². The van der Waals surface area contributed by atoms with Gasteiger partial charge in [-0.2, -0.15) is 9.61 Å². The highest BCUT2D eigenvalue weighted by molar-refractivity contribution is 5.78. The molecule has 2 aromatic heterocycles. The summed E-state index contributed by atoms with van der Waals surface area (Å²) in [6, 6.07) is 13.1. The van der Waals surface area contributed by atoms with Crippen molar-refractivity contribution >= 4 is 17.4 Å². The number of aromatic nitrogens is 3. The first kappa shape index (κ1) is 27.9. The van der Waals surface area contributed by atoms with Gasteiger partial charge in [0.15, 0.2) is 5.65 Å². The maximum atomic E-state index is 14.7. The molecule has 3 aliphatic heterocycles. The molecule has 2 aromatic carbocycles. The van der Waals surface area contributed by atoms with Gasteiger partial charge in [0.1, 0.15) is 23.5 Å². The number of carboxylic acids is 1. The minimum atomic E-state index is -0.912. The van der Waals surface area contributed by atoms with Crippen LogP contribution in [0.4, 0.5) is 10.2 Å². The van der Waals surface area contributed by atoms with E-state index in [0.29, 0.717) is 53.6 Å². The van der Waals surface area contributed by atoms with Gasteiger partial charge in [-0.25, -0.2) is 9.37 Å². The maximum absolute atomic E-state index is 14.7. The summed E-state index contributed by atoms with van der Waals surface area (Å²) in [6.45, 7) is 9.45. The molecule has 5 heterocycles. The number of halogens is 1. The molecule has 0 amide bonds. The molecular formula is C33H35FN4O4. The number of aryl methyl sites for hydroxylation is 2. The smallest absolute Gasteiger partial charge is 0.308 e. The van der Waals surface area contributed by atoms with Crippen LogP contribution in [0.5, 0.6) is 5.75 Å². The van der Waals surface area contributed by atoms with Gasteiger partial charge in [-0.1, -0.05) is 24.3 Å². The number of piperidine rings is 1. The van der Waals surface area contributed by atoms with Crippen LogP contribution >= 0.6 is 0 Å². The molecular weight excluding hydrogens is 535 g/mol. The summed E-state index contributed by atoms with van der Waals surface area (Å²) in [4.78, 5) is 18.9. The normalized spacial score (nSPS) is 21.4. The van der Waals surface area contributed by atoms with Crippen LogP contribution in [0.15, 0.2) is 54.6 Å². The molecule has 1 N–H and O–H groups in total. The fourth-order valence-electron chi connectivity index (χ4n) is 5.86. The standard InChI is InChI=1S/C33H35FN4O4/c1-20-15-26-23-8-5-9-24(16-23)28-19-30-35-22(3)25(17-31(39)40)32(38(30)36-28)37-12-10-33(4,11-13-37)41-14-6-7-21(2)42-29(26)18-27(20)34/h5-9,15-16,18-19,21H,10-14,17H2,1-4H3,(H,39,40)/b7-6+. The van der Waals surface area contributed by atoms with Gasteiger partial charge in [-0.15, -0.1) is 0 Å². The molecule has 1 saturated heterocycles. The number of benzene rings is 2. The summed E-state index contributed by atoms with van der Waals surface area (Å²) >= 11 is 0.